The molecule has 0 aliphatic rings. The Hall–Kier alpha value is -2.43. The van der Waals surface area contributed by atoms with Crippen molar-refractivity contribution in [1.82, 2.24) is 5.32 Å². The minimum Gasteiger partial charge on any atom is -0.478 e. The van der Waals surface area contributed by atoms with E-state index >= 15 is 0 Å². The van der Waals surface area contributed by atoms with Crippen LogP contribution in [-0.2, 0) is 11.3 Å². The Kier molecular flexibility index (Phi) is 5.47. The van der Waals surface area contributed by atoms with Gasteiger partial charge in [0.05, 0.1) is 0 Å². The van der Waals surface area contributed by atoms with Crippen molar-refractivity contribution in [1.29, 1.82) is 0 Å². The van der Waals surface area contributed by atoms with Crippen LogP contribution in [0.4, 0.5) is 8.78 Å². The quantitative estimate of drug-likeness (QED) is 0.888. The maximum atomic E-state index is 13.5. The first kappa shape index (κ1) is 15.9. The molecular weight excluding hydrogens is 288 g/mol. The fraction of sp³-hybridized carbons (Fsp3) is 0.235. The molecule has 0 bridgehead atoms. The summed E-state index contributed by atoms with van der Waals surface area (Å²) in [5.74, 6) is -1.20. The second-order valence-electron chi connectivity index (χ2n) is 4.79. The Bertz CT molecular complexity index is 646. The largest absolute Gasteiger partial charge is 0.478 e. The maximum absolute atomic E-state index is 13.5. The SMILES string of the molecule is CCC(Oc1ccccc1F)C(=O)NCc1cccc(F)c1. The summed E-state index contributed by atoms with van der Waals surface area (Å²) in [7, 11) is 0. The van der Waals surface area contributed by atoms with E-state index in [9.17, 15) is 13.6 Å². The van der Waals surface area contributed by atoms with Crippen molar-refractivity contribution in [3.63, 3.8) is 0 Å². The molecule has 5 heteroatoms. The Morgan fingerprint density at radius 2 is 1.95 bits per heavy atom. The van der Waals surface area contributed by atoms with Crippen LogP contribution in [0.2, 0.25) is 0 Å². The Morgan fingerprint density at radius 3 is 2.64 bits per heavy atom. The van der Waals surface area contributed by atoms with Gasteiger partial charge >= 0.3 is 0 Å². The molecule has 22 heavy (non-hydrogen) atoms. The van der Waals surface area contributed by atoms with Crippen LogP contribution >= 0.6 is 0 Å². The third-order valence-corrected chi connectivity index (χ3v) is 3.12. The molecule has 2 rings (SSSR count). The summed E-state index contributed by atoms with van der Waals surface area (Å²) in [5, 5.41) is 2.66. The lowest BCUT2D eigenvalue weighted by Crippen LogP contribution is -2.37. The van der Waals surface area contributed by atoms with E-state index in [0.29, 0.717) is 12.0 Å². The fourth-order valence-corrected chi connectivity index (χ4v) is 1.97. The van der Waals surface area contributed by atoms with E-state index in [1.807, 2.05) is 0 Å². The minimum atomic E-state index is -0.801. The molecule has 2 aromatic rings. The normalized spacial score (nSPS) is 11.8. The maximum Gasteiger partial charge on any atom is 0.261 e. The van der Waals surface area contributed by atoms with E-state index < -0.39 is 11.9 Å². The van der Waals surface area contributed by atoms with Gasteiger partial charge in [-0.15, -0.1) is 0 Å². The zero-order valence-electron chi connectivity index (χ0n) is 12.2. The summed E-state index contributed by atoms with van der Waals surface area (Å²) in [6.45, 7) is 1.96. The molecule has 0 aliphatic heterocycles. The van der Waals surface area contributed by atoms with Crippen molar-refractivity contribution >= 4 is 5.91 Å². The molecule has 2 aromatic carbocycles. The van der Waals surface area contributed by atoms with Crippen molar-refractivity contribution in [2.75, 3.05) is 0 Å². The summed E-state index contributed by atoms with van der Waals surface area (Å²) in [6, 6.07) is 11.9. The molecule has 0 fully saturated rings. The summed E-state index contributed by atoms with van der Waals surface area (Å²) in [5.41, 5.74) is 0.647. The van der Waals surface area contributed by atoms with Crippen LogP contribution in [0.5, 0.6) is 5.75 Å². The number of benzene rings is 2. The van der Waals surface area contributed by atoms with Crippen LogP contribution in [0, 0.1) is 11.6 Å². The molecule has 0 radical (unpaired) electrons. The molecule has 0 aliphatic carbocycles. The van der Waals surface area contributed by atoms with Gasteiger partial charge < -0.3 is 10.1 Å². The second kappa shape index (κ2) is 7.54. The van der Waals surface area contributed by atoms with Gasteiger partial charge in [0.2, 0.25) is 0 Å². The fourth-order valence-electron chi connectivity index (χ4n) is 1.97. The van der Waals surface area contributed by atoms with Crippen LogP contribution in [0.15, 0.2) is 48.5 Å². The monoisotopic (exact) mass is 305 g/mol. The zero-order chi connectivity index (χ0) is 15.9. The first-order chi connectivity index (χ1) is 10.6. The molecular formula is C17H17F2NO2. The highest BCUT2D eigenvalue weighted by Gasteiger charge is 2.19. The third kappa shape index (κ3) is 4.28. The van der Waals surface area contributed by atoms with Crippen LogP contribution in [0.3, 0.4) is 0 Å². The molecule has 0 heterocycles. The molecule has 0 aromatic heterocycles. The molecule has 3 nitrogen and oxygen atoms in total. The zero-order valence-corrected chi connectivity index (χ0v) is 12.2. The van der Waals surface area contributed by atoms with E-state index in [1.165, 1.54) is 24.3 Å². The highest BCUT2D eigenvalue weighted by Crippen LogP contribution is 2.18. The van der Waals surface area contributed by atoms with Gasteiger partial charge in [0.25, 0.3) is 5.91 Å². The van der Waals surface area contributed by atoms with Gasteiger partial charge in [-0.05, 0) is 36.2 Å². The van der Waals surface area contributed by atoms with Crippen LogP contribution in [-0.4, -0.2) is 12.0 Å². The van der Waals surface area contributed by atoms with E-state index in [-0.39, 0.29) is 24.0 Å². The molecule has 1 atom stereocenters. The van der Waals surface area contributed by atoms with E-state index in [4.69, 9.17) is 4.74 Å². The number of carbonyl (C=O) groups is 1. The van der Waals surface area contributed by atoms with Gasteiger partial charge in [-0.2, -0.15) is 0 Å². The summed E-state index contributed by atoms with van der Waals surface area (Å²) in [6.07, 6.45) is -0.408. The number of para-hydroxylation sites is 1. The predicted molar refractivity (Wildman–Crippen MR) is 79.4 cm³/mol. The summed E-state index contributed by atoms with van der Waals surface area (Å²) < 4.78 is 32.0. The lowest BCUT2D eigenvalue weighted by Gasteiger charge is -2.17. The van der Waals surface area contributed by atoms with Gasteiger partial charge in [-0.25, -0.2) is 8.78 Å². The van der Waals surface area contributed by atoms with E-state index in [2.05, 4.69) is 5.32 Å². The molecule has 1 amide bonds. The standard InChI is InChI=1S/C17H17F2NO2/c1-2-15(22-16-9-4-3-8-14(16)19)17(21)20-11-12-6-5-7-13(18)10-12/h3-10,15H,2,11H2,1H3,(H,20,21). The lowest BCUT2D eigenvalue weighted by molar-refractivity contribution is -0.128. The summed E-state index contributed by atoms with van der Waals surface area (Å²) in [4.78, 5) is 12.1. The van der Waals surface area contributed by atoms with Crippen molar-refractivity contribution in [2.24, 2.45) is 0 Å². The number of ether oxygens (including phenoxy) is 1. The number of carbonyl (C=O) groups excluding carboxylic acids is 1. The lowest BCUT2D eigenvalue weighted by atomic mass is 10.2. The molecule has 0 saturated carbocycles. The number of hydrogen-bond acceptors (Lipinski definition) is 2. The average molecular weight is 305 g/mol. The van der Waals surface area contributed by atoms with Gasteiger partial charge in [0, 0.05) is 6.54 Å². The first-order valence-electron chi connectivity index (χ1n) is 7.03. The van der Waals surface area contributed by atoms with Gasteiger partial charge in [-0.1, -0.05) is 31.2 Å². The molecule has 116 valence electrons. The van der Waals surface area contributed by atoms with Crippen molar-refractivity contribution in [2.45, 2.75) is 26.0 Å². The summed E-state index contributed by atoms with van der Waals surface area (Å²) >= 11 is 0. The average Bonchev–Trinajstić information content (AvgIpc) is 2.52. The number of hydrogen-bond donors (Lipinski definition) is 1. The Balaban J connectivity index is 1.96. The van der Waals surface area contributed by atoms with Crippen LogP contribution < -0.4 is 10.1 Å². The van der Waals surface area contributed by atoms with E-state index in [1.54, 1.807) is 31.2 Å². The number of nitrogens with one attached hydrogen (secondary N) is 1. The van der Waals surface area contributed by atoms with Crippen molar-refractivity contribution in [3.8, 4) is 5.75 Å². The van der Waals surface area contributed by atoms with Gasteiger partial charge in [0.15, 0.2) is 17.7 Å². The Morgan fingerprint density at radius 1 is 1.18 bits per heavy atom. The van der Waals surface area contributed by atoms with Crippen molar-refractivity contribution in [3.05, 3.63) is 65.7 Å². The highest BCUT2D eigenvalue weighted by atomic mass is 19.1. The molecule has 0 saturated heterocycles. The number of halogens is 2. The first-order valence-corrected chi connectivity index (χ1v) is 7.03. The highest BCUT2D eigenvalue weighted by molar-refractivity contribution is 5.81. The van der Waals surface area contributed by atoms with Gasteiger partial charge in [-0.3, -0.25) is 4.79 Å². The smallest absolute Gasteiger partial charge is 0.261 e. The second-order valence-corrected chi connectivity index (χ2v) is 4.79. The van der Waals surface area contributed by atoms with Gasteiger partial charge in [0.1, 0.15) is 5.82 Å². The van der Waals surface area contributed by atoms with Crippen LogP contribution in [0.1, 0.15) is 18.9 Å². The molecule has 1 unspecified atom stereocenters. The third-order valence-electron chi connectivity index (χ3n) is 3.12. The molecule has 1 N–H and O–H groups in total. The number of amides is 1. The van der Waals surface area contributed by atoms with Crippen molar-refractivity contribution < 1.29 is 18.3 Å². The minimum absolute atomic E-state index is 0.0373. The number of rotatable bonds is 6. The Labute approximate surface area is 127 Å². The topological polar surface area (TPSA) is 38.3 Å². The predicted octanol–water partition coefficient (Wildman–Crippen LogP) is 3.44. The van der Waals surface area contributed by atoms with Crippen LogP contribution in [0.25, 0.3) is 0 Å². The molecule has 0 spiro atoms. The van der Waals surface area contributed by atoms with E-state index in [0.717, 1.165) is 0 Å².